The van der Waals surface area contributed by atoms with Gasteiger partial charge in [0.15, 0.2) is 0 Å². The van der Waals surface area contributed by atoms with Gasteiger partial charge in [-0.05, 0) is 19.1 Å². The zero-order valence-electron chi connectivity index (χ0n) is 12.8. The van der Waals surface area contributed by atoms with Crippen LogP contribution in [0.5, 0.6) is 0 Å². The molecule has 0 bridgehead atoms. The molecule has 4 nitrogen and oxygen atoms in total. The monoisotopic (exact) mass is 353 g/mol. The Balaban J connectivity index is 1.61. The fraction of sp³-hybridized carbons (Fsp3) is 0.375. The van der Waals surface area contributed by atoms with Crippen molar-refractivity contribution in [1.29, 1.82) is 0 Å². The van der Waals surface area contributed by atoms with E-state index in [9.17, 15) is 9.18 Å². The van der Waals surface area contributed by atoms with Gasteiger partial charge in [-0.1, -0.05) is 17.7 Å². The first kappa shape index (κ1) is 16.4. The number of amides is 1. The summed E-state index contributed by atoms with van der Waals surface area (Å²) in [4.78, 5) is 20.9. The Kier molecular flexibility index (Phi) is 4.94. The zero-order valence-corrected chi connectivity index (χ0v) is 14.3. The summed E-state index contributed by atoms with van der Waals surface area (Å²) in [5, 5.41) is 3.28. The number of piperazine rings is 1. The van der Waals surface area contributed by atoms with E-state index in [-0.39, 0.29) is 16.5 Å². The number of hydrogen-bond donors (Lipinski definition) is 0. The first-order valence-electron chi connectivity index (χ1n) is 7.41. The molecule has 1 saturated heterocycles. The molecule has 2 aromatic rings. The van der Waals surface area contributed by atoms with Crippen LogP contribution < -0.4 is 0 Å². The Morgan fingerprint density at radius 1 is 1.35 bits per heavy atom. The van der Waals surface area contributed by atoms with Gasteiger partial charge in [0.25, 0.3) is 5.91 Å². The second-order valence-corrected chi connectivity index (χ2v) is 6.99. The quantitative estimate of drug-likeness (QED) is 0.850. The highest BCUT2D eigenvalue weighted by atomic mass is 35.5. The Morgan fingerprint density at radius 3 is 2.70 bits per heavy atom. The number of hydrogen-bond acceptors (Lipinski definition) is 4. The minimum Gasteiger partial charge on any atom is -0.336 e. The summed E-state index contributed by atoms with van der Waals surface area (Å²) in [5.41, 5.74) is 1.03. The molecule has 2 heterocycles. The third kappa shape index (κ3) is 3.71. The first-order valence-corrected chi connectivity index (χ1v) is 8.67. The smallest absolute Gasteiger partial charge is 0.258 e. The molecular weight excluding hydrogens is 337 g/mol. The lowest BCUT2D eigenvalue weighted by Gasteiger charge is -2.34. The molecule has 7 heteroatoms. The molecule has 1 aliphatic heterocycles. The number of nitrogens with zero attached hydrogens (tertiary/aromatic N) is 3. The Bertz CT molecular complexity index is 693. The van der Waals surface area contributed by atoms with Gasteiger partial charge in [0.2, 0.25) is 0 Å². The molecule has 23 heavy (non-hydrogen) atoms. The highest BCUT2D eigenvalue weighted by Gasteiger charge is 2.26. The maximum Gasteiger partial charge on any atom is 0.258 e. The summed E-state index contributed by atoms with van der Waals surface area (Å²) in [5.74, 6) is -0.903. The van der Waals surface area contributed by atoms with Crippen LogP contribution in [-0.4, -0.2) is 46.9 Å². The summed E-state index contributed by atoms with van der Waals surface area (Å²) in [6.45, 7) is 5.39. The van der Waals surface area contributed by atoms with E-state index in [1.165, 1.54) is 12.1 Å². The van der Waals surface area contributed by atoms with E-state index in [1.54, 1.807) is 22.3 Å². The number of benzene rings is 1. The van der Waals surface area contributed by atoms with Gasteiger partial charge in [0, 0.05) is 38.1 Å². The van der Waals surface area contributed by atoms with Crippen LogP contribution in [0.4, 0.5) is 4.39 Å². The highest BCUT2D eigenvalue weighted by molar-refractivity contribution is 7.09. The molecule has 1 aromatic carbocycles. The van der Waals surface area contributed by atoms with Crippen molar-refractivity contribution in [2.75, 3.05) is 26.2 Å². The molecule has 0 spiro atoms. The highest BCUT2D eigenvalue weighted by Crippen LogP contribution is 2.22. The molecule has 1 aromatic heterocycles. The summed E-state index contributed by atoms with van der Waals surface area (Å²) in [6.07, 6.45) is 0. The number of thiazole rings is 1. The van der Waals surface area contributed by atoms with Gasteiger partial charge in [0.05, 0.1) is 21.3 Å². The molecule has 0 saturated carbocycles. The van der Waals surface area contributed by atoms with Crippen molar-refractivity contribution >= 4 is 28.8 Å². The lowest BCUT2D eigenvalue weighted by molar-refractivity contribution is 0.0623. The number of rotatable bonds is 3. The Labute approximate surface area is 143 Å². The lowest BCUT2D eigenvalue weighted by atomic mass is 10.1. The third-order valence-electron chi connectivity index (χ3n) is 3.89. The molecule has 0 N–H and O–H groups in total. The van der Waals surface area contributed by atoms with E-state index in [0.717, 1.165) is 30.3 Å². The molecule has 1 fully saturated rings. The predicted molar refractivity (Wildman–Crippen MR) is 89.4 cm³/mol. The fourth-order valence-corrected chi connectivity index (χ4v) is 3.53. The van der Waals surface area contributed by atoms with Crippen LogP contribution in [0.2, 0.25) is 5.02 Å². The number of aromatic nitrogens is 1. The van der Waals surface area contributed by atoms with E-state index in [0.29, 0.717) is 13.1 Å². The van der Waals surface area contributed by atoms with Crippen LogP contribution >= 0.6 is 22.9 Å². The fourth-order valence-electron chi connectivity index (χ4n) is 2.68. The minimum absolute atomic E-state index is 0.0299. The van der Waals surface area contributed by atoms with Gasteiger partial charge in [-0.3, -0.25) is 9.69 Å². The van der Waals surface area contributed by atoms with Crippen molar-refractivity contribution < 1.29 is 9.18 Å². The molecule has 0 aliphatic carbocycles. The second-order valence-electron chi connectivity index (χ2n) is 5.52. The lowest BCUT2D eigenvalue weighted by Crippen LogP contribution is -2.48. The zero-order chi connectivity index (χ0) is 16.4. The normalized spacial score (nSPS) is 15.9. The van der Waals surface area contributed by atoms with Crippen molar-refractivity contribution in [1.82, 2.24) is 14.8 Å². The number of aryl methyl sites for hydroxylation is 1. The van der Waals surface area contributed by atoms with Gasteiger partial charge < -0.3 is 4.90 Å². The molecular formula is C16H17ClFN3OS. The SMILES string of the molecule is Cc1nc(CN2CCN(C(=O)c3c(F)cccc3Cl)CC2)cs1. The van der Waals surface area contributed by atoms with Crippen molar-refractivity contribution in [3.05, 3.63) is 50.7 Å². The van der Waals surface area contributed by atoms with Gasteiger partial charge in [0.1, 0.15) is 5.82 Å². The summed E-state index contributed by atoms with van der Waals surface area (Å²) in [6, 6.07) is 4.31. The maximum atomic E-state index is 13.9. The van der Waals surface area contributed by atoms with Crippen LogP contribution in [0.15, 0.2) is 23.6 Å². The first-order chi connectivity index (χ1) is 11.0. The average Bonchev–Trinajstić information content (AvgIpc) is 2.93. The van der Waals surface area contributed by atoms with Crippen molar-refractivity contribution in [2.45, 2.75) is 13.5 Å². The van der Waals surface area contributed by atoms with Gasteiger partial charge >= 0.3 is 0 Å². The van der Waals surface area contributed by atoms with Crippen molar-refractivity contribution in [3.8, 4) is 0 Å². The topological polar surface area (TPSA) is 36.4 Å². The predicted octanol–water partition coefficient (Wildman–Crippen LogP) is 3.20. The number of carbonyl (C=O) groups excluding carboxylic acids is 1. The van der Waals surface area contributed by atoms with Crippen LogP contribution in [0, 0.1) is 12.7 Å². The molecule has 122 valence electrons. The Hall–Kier alpha value is -1.50. The number of carbonyl (C=O) groups is 1. The van der Waals surface area contributed by atoms with E-state index >= 15 is 0 Å². The third-order valence-corrected chi connectivity index (χ3v) is 5.03. The molecule has 0 radical (unpaired) electrons. The average molecular weight is 354 g/mol. The largest absolute Gasteiger partial charge is 0.336 e. The minimum atomic E-state index is -0.567. The molecule has 0 atom stereocenters. The molecule has 1 amide bonds. The summed E-state index contributed by atoms with van der Waals surface area (Å²) < 4.78 is 13.9. The van der Waals surface area contributed by atoms with Crippen LogP contribution in [0.3, 0.4) is 0 Å². The van der Waals surface area contributed by atoms with Crippen molar-refractivity contribution in [2.24, 2.45) is 0 Å². The van der Waals surface area contributed by atoms with E-state index < -0.39 is 5.82 Å². The van der Waals surface area contributed by atoms with Crippen LogP contribution in [-0.2, 0) is 6.54 Å². The van der Waals surface area contributed by atoms with E-state index in [2.05, 4.69) is 15.3 Å². The molecule has 1 aliphatic rings. The van der Waals surface area contributed by atoms with E-state index in [1.807, 2.05) is 6.92 Å². The Morgan fingerprint density at radius 2 is 2.09 bits per heavy atom. The van der Waals surface area contributed by atoms with Gasteiger partial charge in [-0.2, -0.15) is 0 Å². The van der Waals surface area contributed by atoms with Crippen LogP contribution in [0.25, 0.3) is 0 Å². The summed E-state index contributed by atoms with van der Waals surface area (Å²) >= 11 is 7.62. The molecule has 0 unspecified atom stereocenters. The second kappa shape index (κ2) is 6.95. The van der Waals surface area contributed by atoms with E-state index in [4.69, 9.17) is 11.6 Å². The van der Waals surface area contributed by atoms with Crippen molar-refractivity contribution in [3.63, 3.8) is 0 Å². The maximum absolute atomic E-state index is 13.9. The standard InChI is InChI=1S/C16H17ClFN3OS/c1-11-19-12(10-23-11)9-20-5-7-21(8-6-20)16(22)15-13(17)3-2-4-14(15)18/h2-4,10H,5-9H2,1H3. The molecule has 3 rings (SSSR count). The summed E-state index contributed by atoms with van der Waals surface area (Å²) in [7, 11) is 0. The van der Waals surface area contributed by atoms with Gasteiger partial charge in [-0.25, -0.2) is 9.37 Å². The van der Waals surface area contributed by atoms with Gasteiger partial charge in [-0.15, -0.1) is 11.3 Å². The number of halogens is 2. The van der Waals surface area contributed by atoms with Crippen LogP contribution in [0.1, 0.15) is 21.1 Å².